The molecular formula is C9H12N6OS. The van der Waals surface area contributed by atoms with Crippen molar-refractivity contribution in [2.75, 3.05) is 11.7 Å². The van der Waals surface area contributed by atoms with Gasteiger partial charge in [0.05, 0.1) is 12.4 Å². The third-order valence-electron chi connectivity index (χ3n) is 1.92. The lowest BCUT2D eigenvalue weighted by Crippen LogP contribution is -2.09. The molecule has 0 aliphatic rings. The largest absolute Gasteiger partial charge is 0.435 e. The number of nitrogens with two attached hydrogens (primary N) is 1. The zero-order chi connectivity index (χ0) is 12.3. The topological polar surface area (TPSA) is 90.9 Å². The highest BCUT2D eigenvalue weighted by molar-refractivity contribution is 7.98. The minimum Gasteiger partial charge on any atom is -0.435 e. The van der Waals surface area contributed by atoms with Crippen molar-refractivity contribution in [3.8, 4) is 11.6 Å². The molecule has 17 heavy (non-hydrogen) atoms. The van der Waals surface area contributed by atoms with Crippen molar-refractivity contribution in [2.45, 2.75) is 5.16 Å². The second-order valence-electron chi connectivity index (χ2n) is 3.17. The standard InChI is InChI=1S/C9H12N6OS/c1-15-5-6(4-11-15)16-8-3-7(14-10)12-9(13-8)17-2/h3-5H,10H2,1-2H3,(H,12,13,14). The summed E-state index contributed by atoms with van der Waals surface area (Å²) in [4.78, 5) is 8.33. The van der Waals surface area contributed by atoms with E-state index in [1.807, 2.05) is 13.3 Å². The predicted molar refractivity (Wildman–Crippen MR) is 64.9 cm³/mol. The number of nitrogens with zero attached hydrogens (tertiary/aromatic N) is 4. The monoisotopic (exact) mass is 252 g/mol. The molecule has 8 heteroatoms. The van der Waals surface area contributed by atoms with E-state index in [1.54, 1.807) is 23.1 Å². The molecule has 0 aromatic carbocycles. The summed E-state index contributed by atoms with van der Waals surface area (Å²) in [7, 11) is 1.81. The zero-order valence-corrected chi connectivity index (χ0v) is 10.2. The molecule has 0 spiro atoms. The van der Waals surface area contributed by atoms with Crippen molar-refractivity contribution < 1.29 is 4.74 Å². The summed E-state index contributed by atoms with van der Waals surface area (Å²) in [6, 6.07) is 1.62. The first-order chi connectivity index (χ1) is 8.21. The highest BCUT2D eigenvalue weighted by Crippen LogP contribution is 2.23. The average molecular weight is 252 g/mol. The van der Waals surface area contributed by atoms with Gasteiger partial charge in [0.15, 0.2) is 10.9 Å². The molecule has 7 nitrogen and oxygen atoms in total. The smallest absolute Gasteiger partial charge is 0.225 e. The van der Waals surface area contributed by atoms with Gasteiger partial charge in [-0.25, -0.2) is 10.8 Å². The van der Waals surface area contributed by atoms with Crippen molar-refractivity contribution in [2.24, 2.45) is 12.9 Å². The molecule has 0 saturated heterocycles. The number of thioether (sulfide) groups is 1. The van der Waals surface area contributed by atoms with E-state index in [1.165, 1.54) is 11.8 Å². The summed E-state index contributed by atoms with van der Waals surface area (Å²) in [5.74, 6) is 6.86. The van der Waals surface area contributed by atoms with Crippen LogP contribution in [0.25, 0.3) is 0 Å². The number of nitrogen functional groups attached to an aromatic ring is 1. The zero-order valence-electron chi connectivity index (χ0n) is 9.41. The second kappa shape index (κ2) is 5.02. The molecule has 2 rings (SSSR count). The van der Waals surface area contributed by atoms with Crippen LogP contribution in [-0.2, 0) is 7.05 Å². The van der Waals surface area contributed by atoms with Crippen LogP contribution in [0, 0.1) is 0 Å². The van der Waals surface area contributed by atoms with E-state index < -0.39 is 0 Å². The number of hydrogen-bond acceptors (Lipinski definition) is 7. The minimum absolute atomic E-state index is 0.422. The Labute approximate surface area is 102 Å². The Balaban J connectivity index is 2.25. The van der Waals surface area contributed by atoms with Gasteiger partial charge in [0, 0.05) is 13.1 Å². The van der Waals surface area contributed by atoms with Crippen LogP contribution in [0.3, 0.4) is 0 Å². The number of anilines is 1. The molecule has 0 aliphatic carbocycles. The molecule has 0 fully saturated rings. The number of hydrogen-bond donors (Lipinski definition) is 2. The van der Waals surface area contributed by atoms with Crippen LogP contribution >= 0.6 is 11.8 Å². The normalized spacial score (nSPS) is 10.3. The number of ether oxygens (including phenoxy) is 1. The summed E-state index contributed by atoms with van der Waals surface area (Å²) in [5.41, 5.74) is 2.47. The van der Waals surface area contributed by atoms with Gasteiger partial charge in [0.2, 0.25) is 5.88 Å². The minimum atomic E-state index is 0.422. The van der Waals surface area contributed by atoms with Crippen molar-refractivity contribution in [3.63, 3.8) is 0 Å². The van der Waals surface area contributed by atoms with Gasteiger partial charge in [0.1, 0.15) is 5.82 Å². The maximum absolute atomic E-state index is 5.54. The number of hydrazine groups is 1. The first-order valence-corrected chi connectivity index (χ1v) is 6.00. The highest BCUT2D eigenvalue weighted by atomic mass is 32.2. The molecule has 0 atom stereocenters. The van der Waals surface area contributed by atoms with E-state index in [2.05, 4.69) is 20.5 Å². The van der Waals surface area contributed by atoms with Gasteiger partial charge in [-0.1, -0.05) is 11.8 Å². The van der Waals surface area contributed by atoms with Gasteiger partial charge in [-0.05, 0) is 6.26 Å². The van der Waals surface area contributed by atoms with Crippen LogP contribution in [0.2, 0.25) is 0 Å². The molecule has 2 aromatic rings. The lowest BCUT2D eigenvalue weighted by molar-refractivity contribution is 0.455. The SMILES string of the molecule is CSc1nc(NN)cc(Oc2cnn(C)c2)n1. The fourth-order valence-corrected chi connectivity index (χ4v) is 1.56. The molecule has 0 amide bonds. The number of rotatable bonds is 4. The summed E-state index contributed by atoms with van der Waals surface area (Å²) in [6.45, 7) is 0. The Morgan fingerprint density at radius 1 is 1.47 bits per heavy atom. The van der Waals surface area contributed by atoms with Crippen LogP contribution in [0.5, 0.6) is 11.6 Å². The predicted octanol–water partition coefficient (Wildman–Crippen LogP) is 1.01. The highest BCUT2D eigenvalue weighted by Gasteiger charge is 2.06. The summed E-state index contributed by atoms with van der Waals surface area (Å²) < 4.78 is 7.19. The summed E-state index contributed by atoms with van der Waals surface area (Å²) in [6.07, 6.45) is 5.23. The molecule has 90 valence electrons. The average Bonchev–Trinajstić information content (AvgIpc) is 2.74. The number of aromatic nitrogens is 4. The lowest BCUT2D eigenvalue weighted by Gasteiger charge is -2.05. The second-order valence-corrected chi connectivity index (χ2v) is 3.95. The molecule has 0 bridgehead atoms. The van der Waals surface area contributed by atoms with Crippen molar-refractivity contribution >= 4 is 17.6 Å². The Morgan fingerprint density at radius 2 is 2.29 bits per heavy atom. The van der Waals surface area contributed by atoms with Gasteiger partial charge in [-0.3, -0.25) is 4.68 Å². The fourth-order valence-electron chi connectivity index (χ4n) is 1.19. The lowest BCUT2D eigenvalue weighted by atomic mass is 10.5. The van der Waals surface area contributed by atoms with Crippen LogP contribution in [0.1, 0.15) is 0 Å². The quantitative estimate of drug-likeness (QED) is 0.363. The van der Waals surface area contributed by atoms with E-state index in [-0.39, 0.29) is 0 Å². The third-order valence-corrected chi connectivity index (χ3v) is 2.46. The van der Waals surface area contributed by atoms with Crippen LogP contribution in [-0.4, -0.2) is 26.0 Å². The number of aryl methyl sites for hydroxylation is 1. The molecule has 0 unspecified atom stereocenters. The Hall–Kier alpha value is -1.80. The van der Waals surface area contributed by atoms with Gasteiger partial charge in [0.25, 0.3) is 0 Å². The van der Waals surface area contributed by atoms with Crippen LogP contribution < -0.4 is 16.0 Å². The maximum Gasteiger partial charge on any atom is 0.225 e. The van der Waals surface area contributed by atoms with Gasteiger partial charge in [-0.2, -0.15) is 10.1 Å². The fraction of sp³-hybridized carbons (Fsp3) is 0.222. The first kappa shape index (κ1) is 11.7. The van der Waals surface area contributed by atoms with Gasteiger partial charge in [-0.15, -0.1) is 0 Å². The van der Waals surface area contributed by atoms with Crippen LogP contribution in [0.15, 0.2) is 23.6 Å². The van der Waals surface area contributed by atoms with E-state index in [0.29, 0.717) is 22.6 Å². The molecule has 0 saturated carbocycles. The van der Waals surface area contributed by atoms with Gasteiger partial charge >= 0.3 is 0 Å². The van der Waals surface area contributed by atoms with Gasteiger partial charge < -0.3 is 10.2 Å². The first-order valence-electron chi connectivity index (χ1n) is 4.77. The number of nitrogens with one attached hydrogen (secondary N) is 1. The van der Waals surface area contributed by atoms with Crippen molar-refractivity contribution in [1.82, 2.24) is 19.7 Å². The van der Waals surface area contributed by atoms with E-state index >= 15 is 0 Å². The Bertz CT molecular complexity index is 492. The molecule has 2 aromatic heterocycles. The molecule has 3 N–H and O–H groups in total. The van der Waals surface area contributed by atoms with E-state index in [0.717, 1.165) is 0 Å². The van der Waals surface area contributed by atoms with Crippen molar-refractivity contribution in [3.05, 3.63) is 18.5 Å². The molecular weight excluding hydrogens is 240 g/mol. The Kier molecular flexibility index (Phi) is 3.45. The summed E-state index contributed by atoms with van der Waals surface area (Å²) in [5, 5.41) is 4.58. The van der Waals surface area contributed by atoms with Crippen molar-refractivity contribution in [1.29, 1.82) is 0 Å². The maximum atomic E-state index is 5.54. The van der Waals surface area contributed by atoms with E-state index in [9.17, 15) is 0 Å². The molecule has 0 radical (unpaired) electrons. The molecule has 2 heterocycles. The summed E-state index contributed by atoms with van der Waals surface area (Å²) >= 11 is 1.41. The third kappa shape index (κ3) is 2.86. The Morgan fingerprint density at radius 3 is 2.88 bits per heavy atom. The molecule has 0 aliphatic heterocycles. The van der Waals surface area contributed by atoms with Crippen LogP contribution in [0.4, 0.5) is 5.82 Å². The van der Waals surface area contributed by atoms with E-state index in [4.69, 9.17) is 10.6 Å².